The lowest BCUT2D eigenvalue weighted by Gasteiger charge is -2.17. The Morgan fingerprint density at radius 2 is 1.70 bits per heavy atom. The average Bonchev–Trinajstić information content (AvgIpc) is 2.46. The fourth-order valence-electron chi connectivity index (χ4n) is 2.06. The van der Waals surface area contributed by atoms with Crippen molar-refractivity contribution >= 4 is 0 Å². The van der Waals surface area contributed by atoms with Gasteiger partial charge in [-0.2, -0.15) is 0 Å². The van der Waals surface area contributed by atoms with Crippen LogP contribution in [0.4, 0.5) is 0 Å². The van der Waals surface area contributed by atoms with Gasteiger partial charge in [0.15, 0.2) is 6.29 Å². The van der Waals surface area contributed by atoms with Crippen LogP contribution in [0.25, 0.3) is 0 Å². The maximum Gasteiger partial charge on any atom is 0.158 e. The minimum Gasteiger partial charge on any atom is -0.380 e. The highest BCUT2D eigenvalue weighted by Gasteiger charge is 2.07. The van der Waals surface area contributed by atoms with Gasteiger partial charge in [-0.25, -0.2) is 0 Å². The number of hydrogen-bond acceptors (Lipinski definition) is 4. The van der Waals surface area contributed by atoms with Crippen molar-refractivity contribution < 1.29 is 14.2 Å². The lowest BCUT2D eigenvalue weighted by atomic mass is 10.1. The van der Waals surface area contributed by atoms with Gasteiger partial charge in [-0.15, -0.1) is 0 Å². The molecule has 0 aromatic heterocycles. The zero-order valence-corrected chi connectivity index (χ0v) is 12.9. The van der Waals surface area contributed by atoms with Gasteiger partial charge >= 0.3 is 0 Å². The van der Waals surface area contributed by atoms with Crippen LogP contribution in [0, 0.1) is 0 Å². The summed E-state index contributed by atoms with van der Waals surface area (Å²) in [5, 5.41) is 3.43. The summed E-state index contributed by atoms with van der Waals surface area (Å²) >= 11 is 0. The fraction of sp³-hybridized carbons (Fsp3) is 0.625. The minimum absolute atomic E-state index is 0.105. The van der Waals surface area contributed by atoms with Gasteiger partial charge in [-0.1, -0.05) is 24.3 Å². The zero-order chi connectivity index (χ0) is 14.6. The molecule has 0 unspecified atom stereocenters. The van der Waals surface area contributed by atoms with Crippen LogP contribution in [0.1, 0.15) is 31.4 Å². The van der Waals surface area contributed by atoms with E-state index < -0.39 is 0 Å². The Bertz CT molecular complexity index is 351. The molecule has 0 heterocycles. The van der Waals surface area contributed by atoms with E-state index in [4.69, 9.17) is 14.2 Å². The normalized spacial score (nSPS) is 11.2. The van der Waals surface area contributed by atoms with E-state index >= 15 is 0 Å². The van der Waals surface area contributed by atoms with E-state index in [0.717, 1.165) is 19.5 Å². The second kappa shape index (κ2) is 10.8. The summed E-state index contributed by atoms with van der Waals surface area (Å²) in [6.45, 7) is 7.69. The third kappa shape index (κ3) is 6.48. The molecule has 0 radical (unpaired) electrons. The minimum atomic E-state index is -0.105. The predicted octanol–water partition coefficient (Wildman–Crippen LogP) is 2.71. The van der Waals surface area contributed by atoms with Gasteiger partial charge in [0.2, 0.25) is 0 Å². The maximum absolute atomic E-state index is 5.51. The van der Waals surface area contributed by atoms with Crippen LogP contribution in [0.2, 0.25) is 0 Å². The number of hydrogen-bond donors (Lipinski definition) is 1. The number of nitrogens with one attached hydrogen (secondary N) is 1. The Kier molecular flexibility index (Phi) is 9.24. The summed E-state index contributed by atoms with van der Waals surface area (Å²) in [5.41, 5.74) is 2.51. The van der Waals surface area contributed by atoms with Gasteiger partial charge in [0, 0.05) is 39.8 Å². The van der Waals surface area contributed by atoms with E-state index in [-0.39, 0.29) is 6.29 Å². The number of ether oxygens (including phenoxy) is 3. The molecular weight excluding hydrogens is 254 g/mol. The highest BCUT2D eigenvalue weighted by Crippen LogP contribution is 2.09. The second-order valence-electron chi connectivity index (χ2n) is 4.51. The van der Waals surface area contributed by atoms with Crippen molar-refractivity contribution in [1.29, 1.82) is 0 Å². The maximum atomic E-state index is 5.51. The number of rotatable bonds is 11. The van der Waals surface area contributed by atoms with Crippen LogP contribution in [0.5, 0.6) is 0 Å². The van der Waals surface area contributed by atoms with E-state index in [1.165, 1.54) is 11.1 Å². The molecule has 20 heavy (non-hydrogen) atoms. The molecule has 4 nitrogen and oxygen atoms in total. The highest BCUT2D eigenvalue weighted by atomic mass is 16.7. The van der Waals surface area contributed by atoms with Crippen LogP contribution in [0.3, 0.4) is 0 Å². The van der Waals surface area contributed by atoms with Gasteiger partial charge in [-0.05, 0) is 25.0 Å². The Labute approximate surface area is 122 Å². The van der Waals surface area contributed by atoms with E-state index in [1.54, 1.807) is 7.11 Å². The van der Waals surface area contributed by atoms with Crippen LogP contribution >= 0.6 is 0 Å². The SMILES string of the molecule is CCOC(CCNCc1ccccc1COC)OCC. The van der Waals surface area contributed by atoms with Gasteiger partial charge < -0.3 is 19.5 Å². The molecule has 4 heteroatoms. The molecule has 0 fully saturated rings. The lowest BCUT2D eigenvalue weighted by molar-refractivity contribution is -0.138. The number of benzene rings is 1. The molecule has 1 rings (SSSR count). The monoisotopic (exact) mass is 281 g/mol. The van der Waals surface area contributed by atoms with Crippen molar-refractivity contribution in [2.24, 2.45) is 0 Å². The second-order valence-corrected chi connectivity index (χ2v) is 4.51. The van der Waals surface area contributed by atoms with Crippen molar-refractivity contribution in [1.82, 2.24) is 5.32 Å². The van der Waals surface area contributed by atoms with Crippen LogP contribution in [0.15, 0.2) is 24.3 Å². The van der Waals surface area contributed by atoms with Gasteiger partial charge in [-0.3, -0.25) is 0 Å². The Hall–Kier alpha value is -0.940. The smallest absolute Gasteiger partial charge is 0.158 e. The van der Waals surface area contributed by atoms with Crippen LogP contribution in [-0.4, -0.2) is 33.2 Å². The van der Waals surface area contributed by atoms with E-state index in [2.05, 4.69) is 23.5 Å². The molecule has 1 aromatic carbocycles. The summed E-state index contributed by atoms with van der Waals surface area (Å²) in [7, 11) is 1.72. The van der Waals surface area contributed by atoms with Crippen molar-refractivity contribution in [3.8, 4) is 0 Å². The summed E-state index contributed by atoms with van der Waals surface area (Å²) in [6, 6.07) is 8.32. The quantitative estimate of drug-likeness (QED) is 0.500. The average molecular weight is 281 g/mol. The summed E-state index contributed by atoms with van der Waals surface area (Å²) in [4.78, 5) is 0. The summed E-state index contributed by atoms with van der Waals surface area (Å²) in [5.74, 6) is 0. The topological polar surface area (TPSA) is 39.7 Å². The lowest BCUT2D eigenvalue weighted by Crippen LogP contribution is -2.25. The van der Waals surface area contributed by atoms with Crippen molar-refractivity contribution in [3.05, 3.63) is 35.4 Å². The number of methoxy groups -OCH3 is 1. The molecule has 1 N–H and O–H groups in total. The summed E-state index contributed by atoms with van der Waals surface area (Å²) < 4.78 is 16.2. The predicted molar refractivity (Wildman–Crippen MR) is 80.5 cm³/mol. The third-order valence-electron chi connectivity index (χ3n) is 3.00. The largest absolute Gasteiger partial charge is 0.380 e. The van der Waals surface area contributed by atoms with Crippen molar-refractivity contribution in [2.45, 2.75) is 39.7 Å². The first-order valence-electron chi connectivity index (χ1n) is 7.31. The zero-order valence-electron chi connectivity index (χ0n) is 12.9. The van der Waals surface area contributed by atoms with E-state index in [1.807, 2.05) is 19.9 Å². The molecular formula is C16H27NO3. The van der Waals surface area contributed by atoms with E-state index in [9.17, 15) is 0 Å². The molecule has 0 aliphatic heterocycles. The van der Waals surface area contributed by atoms with Crippen molar-refractivity contribution in [3.63, 3.8) is 0 Å². The standard InChI is InChI=1S/C16H27NO3/c1-4-19-16(20-5-2)10-11-17-12-14-8-6-7-9-15(14)13-18-3/h6-9,16-17H,4-5,10-13H2,1-3H3. The highest BCUT2D eigenvalue weighted by molar-refractivity contribution is 5.26. The first kappa shape index (κ1) is 17.1. The molecule has 0 aliphatic carbocycles. The first-order chi connectivity index (χ1) is 9.81. The molecule has 1 aromatic rings. The van der Waals surface area contributed by atoms with Crippen molar-refractivity contribution in [2.75, 3.05) is 26.9 Å². The molecule has 0 spiro atoms. The molecule has 0 atom stereocenters. The fourth-order valence-corrected chi connectivity index (χ4v) is 2.06. The molecule has 0 saturated carbocycles. The first-order valence-corrected chi connectivity index (χ1v) is 7.31. The van der Waals surface area contributed by atoms with Crippen LogP contribution < -0.4 is 5.32 Å². The molecule has 0 aliphatic rings. The molecule has 0 saturated heterocycles. The van der Waals surface area contributed by atoms with E-state index in [0.29, 0.717) is 19.8 Å². The Balaban J connectivity index is 2.32. The van der Waals surface area contributed by atoms with Gasteiger partial charge in [0.1, 0.15) is 0 Å². The van der Waals surface area contributed by atoms with Gasteiger partial charge in [0.25, 0.3) is 0 Å². The molecule has 114 valence electrons. The molecule has 0 amide bonds. The third-order valence-corrected chi connectivity index (χ3v) is 3.00. The van der Waals surface area contributed by atoms with Gasteiger partial charge in [0.05, 0.1) is 6.61 Å². The Morgan fingerprint density at radius 3 is 2.30 bits per heavy atom. The summed E-state index contributed by atoms with van der Waals surface area (Å²) in [6.07, 6.45) is 0.750. The molecule has 0 bridgehead atoms. The Morgan fingerprint density at radius 1 is 1.05 bits per heavy atom. The van der Waals surface area contributed by atoms with Crippen LogP contribution in [-0.2, 0) is 27.4 Å².